The molecule has 0 unspecified atom stereocenters. The molecule has 0 atom stereocenters. The molecule has 0 radical (unpaired) electrons. The molecule has 0 saturated heterocycles. The Hall–Kier alpha value is -2.76. The Balaban J connectivity index is 1.72. The molecule has 1 aliphatic heterocycles. The zero-order chi connectivity index (χ0) is 16.2. The Morgan fingerprint density at radius 1 is 1.26 bits per heavy atom. The van der Waals surface area contributed by atoms with Gasteiger partial charge in [0.1, 0.15) is 5.57 Å². The van der Waals surface area contributed by atoms with Gasteiger partial charge in [-0.1, -0.05) is 12.1 Å². The number of ketones is 1. The minimum absolute atomic E-state index is 0.0172. The lowest BCUT2D eigenvalue weighted by Gasteiger charge is -2.03. The molecule has 0 amide bonds. The Labute approximate surface area is 133 Å². The maximum Gasteiger partial charge on any atom is 0.343 e. The van der Waals surface area contributed by atoms with Crippen molar-refractivity contribution in [3.8, 4) is 11.5 Å². The molecule has 1 fully saturated rings. The second-order valence-corrected chi connectivity index (χ2v) is 5.30. The first-order valence-corrected chi connectivity index (χ1v) is 7.34. The number of hydrogen-bond acceptors (Lipinski definition) is 6. The summed E-state index contributed by atoms with van der Waals surface area (Å²) in [7, 11) is 1.25. The van der Waals surface area contributed by atoms with Crippen molar-refractivity contribution >= 4 is 17.8 Å². The second kappa shape index (κ2) is 6.56. The molecule has 6 nitrogen and oxygen atoms in total. The van der Waals surface area contributed by atoms with Gasteiger partial charge in [-0.25, -0.2) is 4.79 Å². The van der Waals surface area contributed by atoms with E-state index in [0.717, 1.165) is 18.4 Å². The monoisotopic (exact) mass is 315 g/mol. The number of allylic oxidation sites excluding steroid dienone is 1. The first-order chi connectivity index (χ1) is 11.2. The van der Waals surface area contributed by atoms with E-state index >= 15 is 0 Å². The smallest absolute Gasteiger partial charge is 0.343 e. The van der Waals surface area contributed by atoms with Gasteiger partial charge in [0.25, 0.3) is 0 Å². The van der Waals surface area contributed by atoms with Crippen LogP contribution in [0.25, 0.3) is 6.08 Å². The number of benzene rings is 1. The van der Waals surface area contributed by atoms with E-state index in [0.29, 0.717) is 17.5 Å². The maximum atomic E-state index is 12.2. The summed E-state index contributed by atoms with van der Waals surface area (Å²) < 4.78 is 15.2. The molecule has 0 bridgehead atoms. The summed E-state index contributed by atoms with van der Waals surface area (Å²) in [6, 6.07) is 5.70. The first kappa shape index (κ1) is 15.1. The van der Waals surface area contributed by atoms with Crippen LogP contribution in [0.1, 0.15) is 18.4 Å². The number of fused-ring (bicyclic) bond motifs is 1. The lowest BCUT2D eigenvalue weighted by atomic mass is 10.1. The van der Waals surface area contributed by atoms with E-state index in [4.69, 9.17) is 9.47 Å². The number of ether oxygens (including phenoxy) is 3. The third-order valence-electron chi connectivity index (χ3n) is 3.54. The van der Waals surface area contributed by atoms with Gasteiger partial charge in [0.15, 0.2) is 17.3 Å². The predicted molar refractivity (Wildman–Crippen MR) is 82.9 cm³/mol. The number of carbonyl (C=O) groups is 2. The molecule has 1 aromatic carbocycles. The van der Waals surface area contributed by atoms with Gasteiger partial charge in [0, 0.05) is 12.2 Å². The van der Waals surface area contributed by atoms with Crippen LogP contribution in [-0.4, -0.2) is 31.7 Å². The van der Waals surface area contributed by atoms with Crippen LogP contribution in [0.3, 0.4) is 0 Å². The van der Waals surface area contributed by atoms with E-state index in [-0.39, 0.29) is 12.4 Å². The summed E-state index contributed by atoms with van der Waals surface area (Å²) in [5, 5.41) is 3.03. The van der Waals surface area contributed by atoms with Crippen LogP contribution in [0.2, 0.25) is 0 Å². The van der Waals surface area contributed by atoms with E-state index in [9.17, 15) is 9.59 Å². The van der Waals surface area contributed by atoms with Crippen molar-refractivity contribution in [2.45, 2.75) is 18.9 Å². The molecular weight excluding hydrogens is 298 g/mol. The van der Waals surface area contributed by atoms with Crippen molar-refractivity contribution in [2.75, 3.05) is 13.9 Å². The first-order valence-electron chi connectivity index (χ1n) is 7.34. The largest absolute Gasteiger partial charge is 0.465 e. The third-order valence-corrected chi connectivity index (χ3v) is 3.54. The van der Waals surface area contributed by atoms with Crippen molar-refractivity contribution in [2.24, 2.45) is 0 Å². The molecular formula is C17H17NO5. The van der Waals surface area contributed by atoms with E-state index in [1.54, 1.807) is 24.3 Å². The van der Waals surface area contributed by atoms with E-state index in [2.05, 4.69) is 10.1 Å². The number of hydrogen-bond donors (Lipinski definition) is 1. The highest BCUT2D eigenvalue weighted by atomic mass is 16.7. The summed E-state index contributed by atoms with van der Waals surface area (Å²) in [6.07, 6.45) is 6.50. The standard InChI is InChI=1S/C17H17NO5/c1-21-17(20)13(9-18-12-4-5-12)14(19)6-2-11-3-7-15-16(8-11)23-10-22-15/h2-3,6-9,12,18H,4-5,10H2,1H3/b6-2+,13-9-. The SMILES string of the molecule is COC(=O)/C(=C\NC1CC1)C(=O)/C=C/c1ccc2c(c1)OCO2. The van der Waals surface area contributed by atoms with Crippen molar-refractivity contribution in [3.63, 3.8) is 0 Å². The highest BCUT2D eigenvalue weighted by molar-refractivity contribution is 6.22. The topological polar surface area (TPSA) is 73.9 Å². The van der Waals surface area contributed by atoms with Gasteiger partial charge in [-0.2, -0.15) is 0 Å². The molecule has 1 aliphatic carbocycles. The van der Waals surface area contributed by atoms with Gasteiger partial charge in [-0.15, -0.1) is 0 Å². The average molecular weight is 315 g/mol. The molecule has 23 heavy (non-hydrogen) atoms. The second-order valence-electron chi connectivity index (χ2n) is 5.30. The van der Waals surface area contributed by atoms with Gasteiger partial charge in [-0.05, 0) is 36.6 Å². The maximum absolute atomic E-state index is 12.2. The number of esters is 1. The summed E-state index contributed by atoms with van der Waals surface area (Å²) >= 11 is 0. The normalized spacial score (nSPS) is 16.5. The Bertz CT molecular complexity index is 688. The number of rotatable bonds is 6. The lowest BCUT2D eigenvalue weighted by molar-refractivity contribution is -0.137. The molecule has 6 heteroatoms. The molecule has 1 heterocycles. The fraction of sp³-hybridized carbons (Fsp3) is 0.294. The number of carbonyl (C=O) groups excluding carboxylic acids is 2. The van der Waals surface area contributed by atoms with Crippen LogP contribution in [0.5, 0.6) is 11.5 Å². The fourth-order valence-corrected chi connectivity index (χ4v) is 2.07. The molecule has 0 spiro atoms. The summed E-state index contributed by atoms with van der Waals surface area (Å²) in [5.41, 5.74) is 0.762. The van der Waals surface area contributed by atoms with Gasteiger partial charge in [-0.3, -0.25) is 4.79 Å². The highest BCUT2D eigenvalue weighted by Crippen LogP contribution is 2.32. The third kappa shape index (κ3) is 3.71. The van der Waals surface area contributed by atoms with E-state index in [1.807, 2.05) is 0 Å². The quantitative estimate of drug-likeness (QED) is 0.373. The number of nitrogens with one attached hydrogen (secondary N) is 1. The Morgan fingerprint density at radius 3 is 2.78 bits per heavy atom. The zero-order valence-electron chi connectivity index (χ0n) is 12.7. The van der Waals surface area contributed by atoms with Crippen LogP contribution in [0.15, 0.2) is 36.0 Å². The lowest BCUT2D eigenvalue weighted by Crippen LogP contribution is -2.18. The van der Waals surface area contributed by atoms with E-state index < -0.39 is 11.8 Å². The minimum atomic E-state index is -0.654. The van der Waals surface area contributed by atoms with Gasteiger partial charge in [0.2, 0.25) is 6.79 Å². The number of methoxy groups -OCH3 is 1. The van der Waals surface area contributed by atoms with Crippen molar-refractivity contribution < 1.29 is 23.8 Å². The van der Waals surface area contributed by atoms with Crippen molar-refractivity contribution in [3.05, 3.63) is 41.6 Å². The Kier molecular flexibility index (Phi) is 4.32. The fourth-order valence-electron chi connectivity index (χ4n) is 2.07. The van der Waals surface area contributed by atoms with Gasteiger partial charge < -0.3 is 19.5 Å². The molecule has 0 aromatic heterocycles. The van der Waals surface area contributed by atoms with Crippen LogP contribution in [-0.2, 0) is 14.3 Å². The molecule has 2 aliphatic rings. The van der Waals surface area contributed by atoms with Crippen molar-refractivity contribution in [1.29, 1.82) is 0 Å². The summed E-state index contributed by atoms with van der Waals surface area (Å²) in [5.74, 6) is 0.247. The van der Waals surface area contributed by atoms with Gasteiger partial charge >= 0.3 is 5.97 Å². The van der Waals surface area contributed by atoms with Crippen LogP contribution in [0.4, 0.5) is 0 Å². The highest BCUT2D eigenvalue weighted by Gasteiger charge is 2.22. The van der Waals surface area contributed by atoms with Crippen LogP contribution in [0, 0.1) is 0 Å². The van der Waals surface area contributed by atoms with Crippen LogP contribution < -0.4 is 14.8 Å². The molecule has 1 N–H and O–H groups in total. The summed E-state index contributed by atoms with van der Waals surface area (Å²) in [6.45, 7) is 0.198. The van der Waals surface area contributed by atoms with Crippen molar-refractivity contribution in [1.82, 2.24) is 5.32 Å². The average Bonchev–Trinajstić information content (AvgIpc) is 3.27. The van der Waals surface area contributed by atoms with Crippen LogP contribution >= 0.6 is 0 Å². The molecule has 3 rings (SSSR count). The molecule has 1 aromatic rings. The zero-order valence-corrected chi connectivity index (χ0v) is 12.7. The Morgan fingerprint density at radius 2 is 2.04 bits per heavy atom. The predicted octanol–water partition coefficient (Wildman–Crippen LogP) is 1.81. The molecule has 120 valence electrons. The molecule has 1 saturated carbocycles. The minimum Gasteiger partial charge on any atom is -0.465 e. The van der Waals surface area contributed by atoms with E-state index in [1.165, 1.54) is 19.4 Å². The van der Waals surface area contributed by atoms with Gasteiger partial charge in [0.05, 0.1) is 7.11 Å². The summed E-state index contributed by atoms with van der Waals surface area (Å²) in [4.78, 5) is 24.0.